The number of hydrogen-bond acceptors (Lipinski definition) is 6. The molecule has 0 radical (unpaired) electrons. The van der Waals surface area contributed by atoms with Crippen LogP contribution < -0.4 is 16.0 Å². The molecule has 2 rings (SSSR count). The van der Waals surface area contributed by atoms with Gasteiger partial charge < -0.3 is 30.2 Å². The Morgan fingerprint density at radius 2 is 0.922 bits per heavy atom. The molecular formula is C42H71N3O6. The zero-order valence-electron chi connectivity index (χ0n) is 32.3. The van der Waals surface area contributed by atoms with E-state index < -0.39 is 0 Å². The third kappa shape index (κ3) is 28.1. The maximum Gasteiger partial charge on any atom is 0.243 e. The van der Waals surface area contributed by atoms with Crippen LogP contribution in [0.3, 0.4) is 0 Å². The molecule has 9 nitrogen and oxygen atoms in total. The van der Waals surface area contributed by atoms with E-state index in [9.17, 15) is 14.4 Å². The Kier molecular flexibility index (Phi) is 27.4. The quantitative estimate of drug-likeness (QED) is 0.0938. The lowest BCUT2D eigenvalue weighted by molar-refractivity contribution is -0.125. The van der Waals surface area contributed by atoms with Gasteiger partial charge in [-0.2, -0.15) is 0 Å². The van der Waals surface area contributed by atoms with Gasteiger partial charge in [-0.3, -0.25) is 14.4 Å². The number of benzene rings is 2. The topological polar surface area (TPSA) is 115 Å². The minimum absolute atomic E-state index is 0. The fourth-order valence-electron chi connectivity index (χ4n) is 4.50. The van der Waals surface area contributed by atoms with Crippen molar-refractivity contribution >= 4 is 29.1 Å². The zero-order valence-corrected chi connectivity index (χ0v) is 32.3. The predicted octanol–water partition coefficient (Wildman–Crippen LogP) is 8.71. The lowest BCUT2D eigenvalue weighted by Crippen LogP contribution is -2.33. The van der Waals surface area contributed by atoms with E-state index in [4.69, 9.17) is 14.2 Å². The Morgan fingerprint density at radius 3 is 1.35 bits per heavy atom. The molecule has 3 N–H and O–H groups in total. The standard InChI is InChI=1S/C25H42N2O5.C16H25NO.CH4/c1-20(2)5-6-22-7-9-23(10-8-22)27-25(29)19-26-24(28)12-14-31-16-18-32-17-15-30-13-11-21(3)4;1-12(2)5-6-14-7-9-15(10-8-14)17-16(18)11-13(3)4;/h7-10,20-21H,5-6,11-19H2,1-4H3,(H,26,28)(H,27,29);7-10,12-13H,5-6,11H2,1-4H3,(H,17,18);1H4. The molecule has 0 saturated heterocycles. The second-order valence-corrected chi connectivity index (χ2v) is 14.5. The van der Waals surface area contributed by atoms with E-state index in [1.54, 1.807) is 0 Å². The van der Waals surface area contributed by atoms with Gasteiger partial charge in [-0.15, -0.1) is 0 Å². The van der Waals surface area contributed by atoms with E-state index >= 15 is 0 Å². The summed E-state index contributed by atoms with van der Waals surface area (Å²) in [5.41, 5.74) is 4.22. The van der Waals surface area contributed by atoms with E-state index in [2.05, 4.69) is 83.5 Å². The number of anilines is 2. The average Bonchev–Trinajstić information content (AvgIpc) is 3.05. The highest BCUT2D eigenvalue weighted by atomic mass is 16.5. The van der Waals surface area contributed by atoms with Crippen LogP contribution in [-0.2, 0) is 41.4 Å². The van der Waals surface area contributed by atoms with E-state index in [-0.39, 0.29) is 38.1 Å². The number of rotatable bonds is 24. The first kappa shape index (κ1) is 47.7. The highest BCUT2D eigenvalue weighted by molar-refractivity contribution is 5.94. The van der Waals surface area contributed by atoms with Crippen molar-refractivity contribution in [3.8, 4) is 0 Å². The Balaban J connectivity index is 0.00000111. The molecule has 0 aliphatic rings. The summed E-state index contributed by atoms with van der Waals surface area (Å²) in [5, 5.41) is 8.32. The van der Waals surface area contributed by atoms with Crippen LogP contribution in [0, 0.1) is 23.7 Å². The number of nitrogens with one attached hydrogen (secondary N) is 3. The molecule has 0 saturated carbocycles. The number of carbonyl (C=O) groups excluding carboxylic acids is 3. The van der Waals surface area contributed by atoms with Crippen molar-refractivity contribution in [1.29, 1.82) is 0 Å². The largest absolute Gasteiger partial charge is 0.379 e. The minimum Gasteiger partial charge on any atom is -0.379 e. The lowest BCUT2D eigenvalue weighted by atomic mass is 10.0. The maximum atomic E-state index is 12.0. The van der Waals surface area contributed by atoms with Crippen LogP contribution >= 0.6 is 0 Å². The average molecular weight is 714 g/mol. The molecule has 0 aliphatic carbocycles. The van der Waals surface area contributed by atoms with Crippen LogP contribution in [-0.4, -0.2) is 63.9 Å². The summed E-state index contributed by atoms with van der Waals surface area (Å²) in [6, 6.07) is 16.0. The van der Waals surface area contributed by atoms with Crippen molar-refractivity contribution < 1.29 is 28.6 Å². The van der Waals surface area contributed by atoms with Crippen LogP contribution in [0.4, 0.5) is 11.4 Å². The van der Waals surface area contributed by atoms with Crippen LogP contribution in [0.25, 0.3) is 0 Å². The summed E-state index contributed by atoms with van der Waals surface area (Å²) in [6.45, 7) is 20.3. The molecule has 2 aromatic carbocycles. The third-order valence-electron chi connectivity index (χ3n) is 7.59. The summed E-state index contributed by atoms with van der Waals surface area (Å²) < 4.78 is 16.3. The maximum absolute atomic E-state index is 12.0. The fraction of sp³-hybridized carbons (Fsp3) is 0.643. The van der Waals surface area contributed by atoms with Crippen LogP contribution in [0.15, 0.2) is 48.5 Å². The second-order valence-electron chi connectivity index (χ2n) is 14.5. The van der Waals surface area contributed by atoms with Gasteiger partial charge in [0.2, 0.25) is 17.7 Å². The van der Waals surface area contributed by atoms with Gasteiger partial charge in [-0.25, -0.2) is 0 Å². The van der Waals surface area contributed by atoms with Gasteiger partial charge in [0.25, 0.3) is 0 Å². The molecule has 0 aromatic heterocycles. The van der Waals surface area contributed by atoms with E-state index in [1.807, 2.05) is 36.4 Å². The summed E-state index contributed by atoms with van der Waals surface area (Å²) in [5.74, 6) is 2.07. The summed E-state index contributed by atoms with van der Waals surface area (Å²) in [4.78, 5) is 35.5. The van der Waals surface area contributed by atoms with Gasteiger partial charge in [-0.05, 0) is 91.2 Å². The van der Waals surface area contributed by atoms with Crippen molar-refractivity contribution in [2.45, 2.75) is 108 Å². The summed E-state index contributed by atoms with van der Waals surface area (Å²) in [6.07, 6.45) is 6.33. The van der Waals surface area contributed by atoms with Gasteiger partial charge in [-0.1, -0.05) is 87.1 Å². The van der Waals surface area contributed by atoms with Crippen molar-refractivity contribution in [2.24, 2.45) is 23.7 Å². The minimum atomic E-state index is -0.252. The second kappa shape index (κ2) is 29.3. The van der Waals surface area contributed by atoms with Crippen molar-refractivity contribution in [1.82, 2.24) is 5.32 Å². The normalized spacial score (nSPS) is 10.9. The van der Waals surface area contributed by atoms with E-state index in [1.165, 1.54) is 17.5 Å². The molecule has 51 heavy (non-hydrogen) atoms. The molecule has 9 heteroatoms. The third-order valence-corrected chi connectivity index (χ3v) is 7.59. The zero-order chi connectivity index (χ0) is 37.1. The Bertz CT molecular complexity index is 1180. The van der Waals surface area contributed by atoms with Gasteiger partial charge >= 0.3 is 0 Å². The van der Waals surface area contributed by atoms with Gasteiger partial charge in [0.05, 0.1) is 39.6 Å². The first-order chi connectivity index (χ1) is 23.8. The van der Waals surface area contributed by atoms with Crippen LogP contribution in [0.2, 0.25) is 0 Å². The van der Waals surface area contributed by atoms with Crippen LogP contribution in [0.1, 0.15) is 106 Å². The van der Waals surface area contributed by atoms with Crippen molar-refractivity contribution in [3.05, 3.63) is 59.7 Å². The molecule has 0 aliphatic heterocycles. The van der Waals surface area contributed by atoms with Crippen LogP contribution in [0.5, 0.6) is 0 Å². The molecule has 0 heterocycles. The molecule has 2 aromatic rings. The highest BCUT2D eigenvalue weighted by Gasteiger charge is 2.08. The first-order valence-corrected chi connectivity index (χ1v) is 18.6. The molecule has 0 spiro atoms. The number of carbonyl (C=O) groups is 3. The molecule has 290 valence electrons. The Morgan fingerprint density at radius 1 is 0.510 bits per heavy atom. The number of aryl methyl sites for hydroxylation is 2. The molecule has 0 atom stereocenters. The summed E-state index contributed by atoms with van der Waals surface area (Å²) in [7, 11) is 0. The molecule has 0 fully saturated rings. The highest BCUT2D eigenvalue weighted by Crippen LogP contribution is 2.15. The van der Waals surface area contributed by atoms with Gasteiger partial charge in [0.1, 0.15) is 0 Å². The van der Waals surface area contributed by atoms with Gasteiger partial charge in [0.15, 0.2) is 0 Å². The molecule has 0 unspecified atom stereocenters. The SMILES string of the molecule is C.CC(C)CCOCCOCCOCCC(=O)NCC(=O)Nc1ccc(CCC(C)C)cc1.CC(C)CCc1ccc(NC(=O)CC(C)C)cc1. The Labute approximate surface area is 310 Å². The van der Waals surface area contributed by atoms with Crippen molar-refractivity contribution in [2.75, 3.05) is 56.8 Å². The first-order valence-electron chi connectivity index (χ1n) is 18.6. The fourth-order valence-corrected chi connectivity index (χ4v) is 4.50. The molecule has 0 bridgehead atoms. The lowest BCUT2D eigenvalue weighted by Gasteiger charge is -2.09. The molecular weight excluding hydrogens is 642 g/mol. The van der Waals surface area contributed by atoms with Gasteiger partial charge in [0, 0.05) is 30.8 Å². The smallest absolute Gasteiger partial charge is 0.243 e. The monoisotopic (exact) mass is 714 g/mol. The van der Waals surface area contributed by atoms with Crippen molar-refractivity contribution in [3.63, 3.8) is 0 Å². The molecule has 3 amide bonds. The number of ether oxygens (including phenoxy) is 3. The number of amides is 3. The number of hydrogen-bond donors (Lipinski definition) is 3. The van der Waals surface area contributed by atoms with E-state index in [0.717, 1.165) is 49.6 Å². The van der Waals surface area contributed by atoms with E-state index in [0.29, 0.717) is 57.2 Å². The Hall–Kier alpha value is -3.27. The summed E-state index contributed by atoms with van der Waals surface area (Å²) >= 11 is 0. The predicted molar refractivity (Wildman–Crippen MR) is 212 cm³/mol.